The largest absolute Gasteiger partial charge is 0.334 e. The van der Waals surface area contributed by atoms with E-state index in [0.717, 1.165) is 19.4 Å². The molecular weight excluding hydrogens is 298 g/mol. The van der Waals surface area contributed by atoms with Crippen molar-refractivity contribution < 1.29 is 4.79 Å². The lowest BCUT2D eigenvalue weighted by molar-refractivity contribution is -0.132. The third-order valence-electron chi connectivity index (χ3n) is 3.23. The van der Waals surface area contributed by atoms with Gasteiger partial charge < -0.3 is 4.90 Å². The normalized spacial score (nSPS) is 22.1. The maximum Gasteiger partial charge on any atom is 0.237 e. The van der Waals surface area contributed by atoms with Crippen molar-refractivity contribution in [2.45, 2.75) is 37.6 Å². The van der Waals surface area contributed by atoms with Crippen LogP contribution in [-0.4, -0.2) is 22.2 Å². The number of rotatable bonds is 3. The second-order valence-corrected chi connectivity index (χ2v) is 6.82. The minimum Gasteiger partial charge on any atom is -0.334 e. The summed E-state index contributed by atoms with van der Waals surface area (Å²) in [7, 11) is 0. The van der Waals surface area contributed by atoms with Gasteiger partial charge in [-0.15, -0.1) is 11.3 Å². The van der Waals surface area contributed by atoms with Gasteiger partial charge in [0.05, 0.1) is 10.9 Å². The molecule has 1 aliphatic rings. The molecule has 1 aromatic rings. The molecule has 0 spiro atoms. The summed E-state index contributed by atoms with van der Waals surface area (Å²) in [6.07, 6.45) is 2.22. The number of hydrogen-bond donors (Lipinski definition) is 0. The molecule has 2 atom stereocenters. The van der Waals surface area contributed by atoms with Crippen molar-refractivity contribution >= 4 is 33.2 Å². The highest BCUT2D eigenvalue weighted by Gasteiger charge is 2.34. The Morgan fingerprint density at radius 1 is 1.59 bits per heavy atom. The average Bonchev–Trinajstić information content (AvgIpc) is 2.96. The van der Waals surface area contributed by atoms with Crippen LogP contribution in [0, 0.1) is 5.92 Å². The lowest BCUT2D eigenvalue weighted by Gasteiger charge is -2.27. The molecule has 4 heteroatoms. The fraction of sp³-hybridized carbons (Fsp3) is 0.615. The molecule has 17 heavy (non-hydrogen) atoms. The third kappa shape index (κ3) is 2.74. The van der Waals surface area contributed by atoms with Gasteiger partial charge in [0, 0.05) is 11.4 Å². The summed E-state index contributed by atoms with van der Waals surface area (Å²) in [5.74, 6) is 0.586. The predicted octanol–water partition coefficient (Wildman–Crippen LogP) is 3.83. The van der Waals surface area contributed by atoms with E-state index in [-0.39, 0.29) is 10.7 Å². The number of hydrogen-bond acceptors (Lipinski definition) is 2. The van der Waals surface area contributed by atoms with Crippen LogP contribution in [-0.2, 0) is 4.79 Å². The first-order chi connectivity index (χ1) is 8.11. The fourth-order valence-corrected chi connectivity index (χ4v) is 3.39. The molecule has 1 amide bonds. The molecule has 2 rings (SSSR count). The van der Waals surface area contributed by atoms with Gasteiger partial charge in [0.25, 0.3) is 0 Å². The molecule has 0 radical (unpaired) electrons. The number of nitrogens with zero attached hydrogens (tertiary/aromatic N) is 1. The predicted molar refractivity (Wildman–Crippen MR) is 75.6 cm³/mol. The Morgan fingerprint density at radius 2 is 2.35 bits per heavy atom. The molecule has 1 aliphatic heterocycles. The van der Waals surface area contributed by atoms with Gasteiger partial charge in [0.2, 0.25) is 5.91 Å². The Bertz CT molecular complexity index is 377. The molecule has 2 unspecified atom stereocenters. The third-order valence-corrected chi connectivity index (χ3v) is 5.65. The van der Waals surface area contributed by atoms with Crippen molar-refractivity contribution in [3.05, 3.63) is 22.4 Å². The Morgan fingerprint density at radius 3 is 2.94 bits per heavy atom. The van der Waals surface area contributed by atoms with Crippen LogP contribution in [0.4, 0.5) is 0 Å². The zero-order chi connectivity index (χ0) is 12.4. The highest BCUT2D eigenvalue weighted by Crippen LogP contribution is 2.36. The van der Waals surface area contributed by atoms with Gasteiger partial charge >= 0.3 is 0 Å². The van der Waals surface area contributed by atoms with E-state index >= 15 is 0 Å². The molecule has 0 bridgehead atoms. The topological polar surface area (TPSA) is 20.3 Å². The quantitative estimate of drug-likeness (QED) is 0.776. The van der Waals surface area contributed by atoms with E-state index in [4.69, 9.17) is 0 Å². The van der Waals surface area contributed by atoms with Crippen molar-refractivity contribution in [3.8, 4) is 0 Å². The number of amides is 1. The molecule has 1 saturated heterocycles. The molecule has 0 saturated carbocycles. The van der Waals surface area contributed by atoms with E-state index in [9.17, 15) is 4.79 Å². The fourth-order valence-electron chi connectivity index (χ4n) is 2.25. The zero-order valence-corrected chi connectivity index (χ0v) is 12.6. The first-order valence-electron chi connectivity index (χ1n) is 6.09. The van der Waals surface area contributed by atoms with Crippen LogP contribution in [0.2, 0.25) is 0 Å². The van der Waals surface area contributed by atoms with Crippen molar-refractivity contribution in [2.24, 2.45) is 5.92 Å². The van der Waals surface area contributed by atoms with Gasteiger partial charge in [-0.25, -0.2) is 0 Å². The number of alkyl halides is 1. The summed E-state index contributed by atoms with van der Waals surface area (Å²) < 4.78 is 0. The molecule has 2 heterocycles. The van der Waals surface area contributed by atoms with Gasteiger partial charge in [-0.1, -0.05) is 35.8 Å². The Balaban J connectivity index is 2.12. The van der Waals surface area contributed by atoms with Crippen LogP contribution in [0.15, 0.2) is 17.5 Å². The van der Waals surface area contributed by atoms with Crippen molar-refractivity contribution in [1.82, 2.24) is 4.90 Å². The zero-order valence-electron chi connectivity index (χ0n) is 10.2. The first kappa shape index (κ1) is 13.1. The number of halogens is 1. The maximum absolute atomic E-state index is 12.4. The molecular formula is C13H18BrNOS. The Kier molecular flexibility index (Phi) is 4.26. The van der Waals surface area contributed by atoms with Gasteiger partial charge in [-0.2, -0.15) is 0 Å². The molecule has 0 N–H and O–H groups in total. The monoisotopic (exact) mass is 315 g/mol. The van der Waals surface area contributed by atoms with E-state index in [0.29, 0.717) is 12.0 Å². The minimum atomic E-state index is -0.0527. The highest BCUT2D eigenvalue weighted by atomic mass is 79.9. The summed E-state index contributed by atoms with van der Waals surface area (Å²) >= 11 is 5.27. The van der Waals surface area contributed by atoms with Crippen LogP contribution < -0.4 is 0 Å². The van der Waals surface area contributed by atoms with Crippen LogP contribution in [0.25, 0.3) is 0 Å². The Labute approximate surface area is 115 Å². The molecule has 0 aromatic carbocycles. The standard InChI is InChI=1S/C13H18BrNOS/c1-9(2)12(14)13(16)15-7-3-5-10(15)11-6-4-8-17-11/h4,6,8-10,12H,3,5,7H2,1-2H3. The number of carbonyl (C=O) groups excluding carboxylic acids is 1. The molecule has 1 fully saturated rings. The van der Waals surface area contributed by atoms with Crippen LogP contribution in [0.5, 0.6) is 0 Å². The lowest BCUT2D eigenvalue weighted by Crippen LogP contribution is -2.38. The van der Waals surface area contributed by atoms with Gasteiger partial charge in [-0.3, -0.25) is 4.79 Å². The van der Waals surface area contributed by atoms with Gasteiger partial charge in [-0.05, 0) is 30.2 Å². The Hall–Kier alpha value is -0.350. The van der Waals surface area contributed by atoms with Gasteiger partial charge in [0.15, 0.2) is 0 Å². The smallest absolute Gasteiger partial charge is 0.237 e. The minimum absolute atomic E-state index is 0.0527. The van der Waals surface area contributed by atoms with Crippen LogP contribution in [0.3, 0.4) is 0 Å². The van der Waals surface area contributed by atoms with E-state index in [1.807, 2.05) is 4.90 Å². The number of carbonyl (C=O) groups is 1. The summed E-state index contributed by atoms with van der Waals surface area (Å²) in [6.45, 7) is 5.05. The van der Waals surface area contributed by atoms with E-state index in [1.165, 1.54) is 4.88 Å². The second-order valence-electron chi connectivity index (χ2n) is 4.85. The summed E-state index contributed by atoms with van der Waals surface area (Å²) in [6, 6.07) is 4.51. The van der Waals surface area contributed by atoms with Crippen molar-refractivity contribution in [1.29, 1.82) is 0 Å². The first-order valence-corrected chi connectivity index (χ1v) is 7.88. The average molecular weight is 316 g/mol. The van der Waals surface area contributed by atoms with E-state index in [2.05, 4.69) is 47.3 Å². The highest BCUT2D eigenvalue weighted by molar-refractivity contribution is 9.10. The maximum atomic E-state index is 12.4. The summed E-state index contributed by atoms with van der Waals surface area (Å²) in [4.78, 5) is 15.7. The SMILES string of the molecule is CC(C)C(Br)C(=O)N1CCCC1c1cccs1. The molecule has 2 nitrogen and oxygen atoms in total. The number of likely N-dealkylation sites (tertiary alicyclic amines) is 1. The van der Waals surface area contributed by atoms with Crippen molar-refractivity contribution in [3.63, 3.8) is 0 Å². The molecule has 0 aliphatic carbocycles. The summed E-state index contributed by atoms with van der Waals surface area (Å²) in [5.41, 5.74) is 0. The molecule has 94 valence electrons. The lowest BCUT2D eigenvalue weighted by atomic mass is 10.1. The second kappa shape index (κ2) is 5.53. The van der Waals surface area contributed by atoms with Crippen LogP contribution >= 0.6 is 27.3 Å². The van der Waals surface area contributed by atoms with E-state index in [1.54, 1.807) is 11.3 Å². The van der Waals surface area contributed by atoms with Crippen LogP contribution in [0.1, 0.15) is 37.6 Å². The number of thiophene rings is 1. The van der Waals surface area contributed by atoms with E-state index < -0.39 is 0 Å². The van der Waals surface area contributed by atoms with Crippen molar-refractivity contribution in [2.75, 3.05) is 6.54 Å². The summed E-state index contributed by atoms with van der Waals surface area (Å²) in [5, 5.41) is 2.09. The van der Waals surface area contributed by atoms with Gasteiger partial charge in [0.1, 0.15) is 0 Å². The molecule has 1 aromatic heterocycles.